The lowest BCUT2D eigenvalue weighted by Gasteiger charge is -2.08. The lowest BCUT2D eigenvalue weighted by Crippen LogP contribution is -2.15. The van der Waals surface area contributed by atoms with Crippen LogP contribution in [0.25, 0.3) is 11.4 Å². The van der Waals surface area contributed by atoms with E-state index >= 15 is 0 Å². The number of benzene rings is 1. The van der Waals surface area contributed by atoms with Gasteiger partial charge in [0, 0.05) is 23.2 Å². The Balaban J connectivity index is 1.70. The third-order valence-corrected chi connectivity index (χ3v) is 5.52. The molecular formula is C18H16BrN5O4S. The molecule has 1 N–H and O–H groups in total. The van der Waals surface area contributed by atoms with Gasteiger partial charge in [-0.3, -0.25) is 19.5 Å². The Labute approximate surface area is 178 Å². The number of aryl methyl sites for hydroxylation is 1. The molecule has 0 spiro atoms. The Hall–Kier alpha value is -2.92. The summed E-state index contributed by atoms with van der Waals surface area (Å²) < 4.78 is 7.62. The smallest absolute Gasteiger partial charge is 0.270 e. The van der Waals surface area contributed by atoms with Crippen LogP contribution in [0, 0.1) is 17.0 Å². The van der Waals surface area contributed by atoms with Gasteiger partial charge in [0.05, 0.1) is 28.2 Å². The van der Waals surface area contributed by atoms with E-state index in [-0.39, 0.29) is 17.3 Å². The van der Waals surface area contributed by atoms with Gasteiger partial charge in [-0.2, -0.15) is 0 Å². The van der Waals surface area contributed by atoms with Crippen LogP contribution in [-0.2, 0) is 11.3 Å². The molecule has 0 radical (unpaired) electrons. The number of hydrogen-bond acceptors (Lipinski definition) is 7. The molecule has 11 heteroatoms. The molecule has 3 aromatic rings. The second kappa shape index (κ2) is 9.05. The summed E-state index contributed by atoms with van der Waals surface area (Å²) in [5, 5.41) is 22.5. The van der Waals surface area contributed by atoms with E-state index in [9.17, 15) is 14.9 Å². The monoisotopic (exact) mass is 477 g/mol. The number of aromatic nitrogens is 3. The Morgan fingerprint density at radius 2 is 2.24 bits per heavy atom. The number of furan rings is 1. The van der Waals surface area contributed by atoms with Crippen molar-refractivity contribution in [1.82, 2.24) is 14.8 Å². The quantitative estimate of drug-likeness (QED) is 0.220. The first kappa shape index (κ1) is 20.8. The number of nitrogens with zero attached hydrogens (tertiary/aromatic N) is 4. The number of hydrogen-bond donors (Lipinski definition) is 1. The summed E-state index contributed by atoms with van der Waals surface area (Å²) >= 11 is 4.46. The van der Waals surface area contributed by atoms with E-state index in [1.54, 1.807) is 12.3 Å². The fraction of sp³-hybridized carbons (Fsp3) is 0.167. The summed E-state index contributed by atoms with van der Waals surface area (Å²) in [6, 6.07) is 5.95. The molecule has 150 valence electrons. The number of carbonyl (C=O) groups excluding carboxylic acids is 1. The lowest BCUT2D eigenvalue weighted by molar-refractivity contribution is -0.384. The van der Waals surface area contributed by atoms with Crippen LogP contribution >= 0.6 is 27.7 Å². The molecule has 1 aromatic carbocycles. The van der Waals surface area contributed by atoms with Crippen molar-refractivity contribution in [3.63, 3.8) is 0 Å². The lowest BCUT2D eigenvalue weighted by atomic mass is 10.2. The largest absolute Gasteiger partial charge is 0.469 e. The van der Waals surface area contributed by atoms with E-state index in [0.29, 0.717) is 27.7 Å². The molecule has 0 aliphatic heterocycles. The molecule has 0 unspecified atom stereocenters. The van der Waals surface area contributed by atoms with Crippen LogP contribution in [0.2, 0.25) is 0 Å². The van der Waals surface area contributed by atoms with Gasteiger partial charge in [-0.1, -0.05) is 17.8 Å². The number of anilines is 1. The number of halogens is 1. The second-order valence-electron chi connectivity index (χ2n) is 5.85. The highest BCUT2D eigenvalue weighted by Crippen LogP contribution is 2.29. The van der Waals surface area contributed by atoms with Gasteiger partial charge in [-0.25, -0.2) is 0 Å². The van der Waals surface area contributed by atoms with E-state index < -0.39 is 4.92 Å². The maximum atomic E-state index is 12.3. The number of thioether (sulfide) groups is 1. The van der Waals surface area contributed by atoms with Gasteiger partial charge in [0.1, 0.15) is 5.76 Å². The molecule has 0 saturated carbocycles. The zero-order valence-corrected chi connectivity index (χ0v) is 17.7. The number of carbonyl (C=O) groups is 1. The van der Waals surface area contributed by atoms with Crippen molar-refractivity contribution in [2.75, 3.05) is 11.1 Å². The number of nitro groups is 1. The van der Waals surface area contributed by atoms with E-state index in [0.717, 1.165) is 11.3 Å². The SMILES string of the molecule is C=CCn1c(SCC(=O)Nc2ccc([N+](=O)[O-])cc2Br)nnc1-c1ccoc1C. The minimum absolute atomic E-state index is 0.0659. The van der Waals surface area contributed by atoms with Crippen molar-refractivity contribution in [2.24, 2.45) is 0 Å². The highest BCUT2D eigenvalue weighted by Gasteiger charge is 2.18. The summed E-state index contributed by atoms with van der Waals surface area (Å²) in [6.07, 6.45) is 3.31. The normalized spacial score (nSPS) is 10.7. The molecule has 0 aliphatic carbocycles. The second-order valence-corrected chi connectivity index (χ2v) is 7.65. The van der Waals surface area contributed by atoms with Crippen LogP contribution in [0.5, 0.6) is 0 Å². The molecular weight excluding hydrogens is 462 g/mol. The van der Waals surface area contributed by atoms with Crippen molar-refractivity contribution in [3.05, 3.63) is 63.5 Å². The predicted molar refractivity (Wildman–Crippen MR) is 113 cm³/mol. The predicted octanol–water partition coefficient (Wildman–Crippen LogP) is 4.43. The third-order valence-electron chi connectivity index (χ3n) is 3.90. The maximum absolute atomic E-state index is 12.3. The summed E-state index contributed by atoms with van der Waals surface area (Å²) in [6.45, 7) is 6.08. The third kappa shape index (κ3) is 4.74. The minimum Gasteiger partial charge on any atom is -0.469 e. The van der Waals surface area contributed by atoms with Gasteiger partial charge >= 0.3 is 0 Å². The summed E-state index contributed by atoms with van der Waals surface area (Å²) in [7, 11) is 0. The zero-order valence-electron chi connectivity index (χ0n) is 15.3. The average molecular weight is 478 g/mol. The van der Waals surface area contributed by atoms with Crippen molar-refractivity contribution in [1.29, 1.82) is 0 Å². The van der Waals surface area contributed by atoms with Crippen LogP contribution in [0.3, 0.4) is 0 Å². The molecule has 0 bridgehead atoms. The van der Waals surface area contributed by atoms with Gasteiger partial charge in [0.15, 0.2) is 11.0 Å². The average Bonchev–Trinajstić information content (AvgIpc) is 3.27. The molecule has 3 rings (SSSR count). The van der Waals surface area contributed by atoms with E-state index in [4.69, 9.17) is 4.42 Å². The highest BCUT2D eigenvalue weighted by atomic mass is 79.9. The van der Waals surface area contributed by atoms with E-state index in [1.807, 2.05) is 17.6 Å². The molecule has 1 amide bonds. The summed E-state index contributed by atoms with van der Waals surface area (Å²) in [5.41, 5.74) is 1.21. The molecule has 9 nitrogen and oxygen atoms in total. The molecule has 0 aliphatic rings. The van der Waals surface area contributed by atoms with Gasteiger partial charge < -0.3 is 9.73 Å². The van der Waals surface area contributed by atoms with Crippen LogP contribution in [0.4, 0.5) is 11.4 Å². The van der Waals surface area contributed by atoms with Crippen molar-refractivity contribution in [3.8, 4) is 11.4 Å². The number of nitro benzene ring substituents is 1. The van der Waals surface area contributed by atoms with Crippen LogP contribution < -0.4 is 5.32 Å². The summed E-state index contributed by atoms with van der Waals surface area (Å²) in [5.74, 6) is 1.17. The Morgan fingerprint density at radius 3 is 2.86 bits per heavy atom. The van der Waals surface area contributed by atoms with Gasteiger partial charge in [0.25, 0.3) is 5.69 Å². The number of rotatable bonds is 8. The van der Waals surface area contributed by atoms with E-state index in [1.165, 1.54) is 30.0 Å². The fourth-order valence-corrected chi connectivity index (χ4v) is 3.75. The zero-order chi connectivity index (χ0) is 21.0. The van der Waals surface area contributed by atoms with Crippen LogP contribution in [0.15, 0.2) is 57.2 Å². The van der Waals surface area contributed by atoms with Crippen molar-refractivity contribution < 1.29 is 14.1 Å². The first-order chi connectivity index (χ1) is 13.9. The molecule has 2 heterocycles. The maximum Gasteiger partial charge on any atom is 0.270 e. The van der Waals surface area contributed by atoms with E-state index in [2.05, 4.69) is 38.0 Å². The van der Waals surface area contributed by atoms with Gasteiger partial charge in [-0.05, 0) is 35.0 Å². The summed E-state index contributed by atoms with van der Waals surface area (Å²) in [4.78, 5) is 22.6. The molecule has 0 atom stereocenters. The minimum atomic E-state index is -0.502. The van der Waals surface area contributed by atoms with Gasteiger partial charge in [0.2, 0.25) is 5.91 Å². The number of non-ortho nitro benzene ring substituents is 1. The number of nitrogens with one attached hydrogen (secondary N) is 1. The Bertz CT molecular complexity index is 1080. The molecule has 2 aromatic heterocycles. The molecule has 0 fully saturated rings. The number of allylic oxidation sites excluding steroid dienone is 1. The first-order valence-corrected chi connectivity index (χ1v) is 10.1. The topological polar surface area (TPSA) is 116 Å². The Morgan fingerprint density at radius 1 is 1.45 bits per heavy atom. The number of amides is 1. The standard InChI is InChI=1S/C18H16BrN5O4S/c1-3-7-23-17(13-6-8-28-11(13)2)21-22-18(23)29-10-16(25)20-15-5-4-12(24(26)27)9-14(15)19/h3-6,8-9H,1,7,10H2,2H3,(H,20,25). The molecule has 29 heavy (non-hydrogen) atoms. The fourth-order valence-electron chi connectivity index (χ4n) is 2.54. The van der Waals surface area contributed by atoms with Crippen molar-refractivity contribution >= 4 is 45.0 Å². The van der Waals surface area contributed by atoms with Crippen molar-refractivity contribution in [2.45, 2.75) is 18.6 Å². The Kier molecular flexibility index (Phi) is 6.49. The van der Waals surface area contributed by atoms with Crippen LogP contribution in [-0.4, -0.2) is 31.3 Å². The highest BCUT2D eigenvalue weighted by molar-refractivity contribution is 9.10. The van der Waals surface area contributed by atoms with Gasteiger partial charge in [-0.15, -0.1) is 16.8 Å². The first-order valence-electron chi connectivity index (χ1n) is 8.36. The molecule has 0 saturated heterocycles. The van der Waals surface area contributed by atoms with Crippen LogP contribution in [0.1, 0.15) is 5.76 Å².